The Hall–Kier alpha value is -1.56. The van der Waals surface area contributed by atoms with Crippen molar-refractivity contribution in [2.75, 3.05) is 7.11 Å². The minimum atomic E-state index is -1.49. The Balaban J connectivity index is 2.65. The third-order valence-corrected chi connectivity index (χ3v) is 2.48. The first-order chi connectivity index (χ1) is 7.54. The molecule has 0 bridgehead atoms. The molecule has 5 nitrogen and oxygen atoms in total. The van der Waals surface area contributed by atoms with Crippen molar-refractivity contribution < 1.29 is 19.4 Å². The van der Waals surface area contributed by atoms with Gasteiger partial charge in [0.2, 0.25) is 0 Å². The number of methoxy groups -OCH3 is 1. The molecule has 86 valence electrons. The second kappa shape index (κ2) is 5.50. The van der Waals surface area contributed by atoms with Crippen LogP contribution in [-0.2, 0) is 16.1 Å². The highest BCUT2D eigenvalue weighted by atomic mass is 79.9. The van der Waals surface area contributed by atoms with Crippen LogP contribution >= 0.6 is 15.9 Å². The third kappa shape index (κ3) is 3.23. The first-order valence-corrected chi connectivity index (χ1v) is 5.17. The molecule has 0 fully saturated rings. The molecule has 1 amide bonds. The van der Waals surface area contributed by atoms with Crippen LogP contribution in [0.2, 0.25) is 0 Å². The molecule has 0 aliphatic carbocycles. The zero-order chi connectivity index (χ0) is 12.1. The largest absolute Gasteiger partial charge is 0.496 e. The lowest BCUT2D eigenvalue weighted by Crippen LogP contribution is -2.30. The van der Waals surface area contributed by atoms with Gasteiger partial charge in [0.15, 0.2) is 0 Å². The topological polar surface area (TPSA) is 75.6 Å². The Bertz CT molecular complexity index is 419. The van der Waals surface area contributed by atoms with Crippen molar-refractivity contribution >= 4 is 27.8 Å². The summed E-state index contributed by atoms with van der Waals surface area (Å²) in [5.74, 6) is -1.84. The first-order valence-electron chi connectivity index (χ1n) is 4.38. The highest BCUT2D eigenvalue weighted by Crippen LogP contribution is 2.25. The lowest BCUT2D eigenvalue weighted by molar-refractivity contribution is -0.150. The fraction of sp³-hybridized carbons (Fsp3) is 0.200. The van der Waals surface area contributed by atoms with Crippen LogP contribution in [0.4, 0.5) is 0 Å². The van der Waals surface area contributed by atoms with Crippen molar-refractivity contribution in [1.29, 1.82) is 0 Å². The summed E-state index contributed by atoms with van der Waals surface area (Å²) in [5.41, 5.74) is 0.780. The van der Waals surface area contributed by atoms with Crippen LogP contribution in [0.3, 0.4) is 0 Å². The Kier molecular flexibility index (Phi) is 4.30. The summed E-state index contributed by atoms with van der Waals surface area (Å²) in [6, 6.07) is 5.22. The highest BCUT2D eigenvalue weighted by molar-refractivity contribution is 9.10. The SMILES string of the molecule is COc1ccc(CNC(=O)C(=O)O)cc1Br. The number of amides is 1. The molecule has 0 saturated heterocycles. The van der Waals surface area contributed by atoms with E-state index in [2.05, 4.69) is 21.2 Å². The summed E-state index contributed by atoms with van der Waals surface area (Å²) >= 11 is 3.29. The van der Waals surface area contributed by atoms with E-state index in [9.17, 15) is 9.59 Å². The van der Waals surface area contributed by atoms with Crippen LogP contribution in [-0.4, -0.2) is 24.1 Å². The van der Waals surface area contributed by atoms with Crippen molar-refractivity contribution in [3.05, 3.63) is 28.2 Å². The Morgan fingerprint density at radius 3 is 2.69 bits per heavy atom. The van der Waals surface area contributed by atoms with Gasteiger partial charge in [-0.2, -0.15) is 0 Å². The summed E-state index contributed by atoms with van der Waals surface area (Å²) in [7, 11) is 1.55. The van der Waals surface area contributed by atoms with Crippen molar-refractivity contribution in [2.24, 2.45) is 0 Å². The summed E-state index contributed by atoms with van der Waals surface area (Å²) in [6.07, 6.45) is 0. The molecule has 1 rings (SSSR count). The van der Waals surface area contributed by atoms with E-state index in [1.165, 1.54) is 0 Å². The number of carbonyl (C=O) groups excluding carboxylic acids is 1. The summed E-state index contributed by atoms with van der Waals surface area (Å²) in [4.78, 5) is 21.0. The van der Waals surface area contributed by atoms with E-state index >= 15 is 0 Å². The van der Waals surface area contributed by atoms with E-state index < -0.39 is 11.9 Å². The predicted molar refractivity (Wildman–Crippen MR) is 60.2 cm³/mol. The maximum atomic E-state index is 10.8. The van der Waals surface area contributed by atoms with Gasteiger partial charge in [0.25, 0.3) is 0 Å². The molecular weight excluding hydrogens is 278 g/mol. The van der Waals surface area contributed by atoms with E-state index in [4.69, 9.17) is 9.84 Å². The van der Waals surface area contributed by atoms with Crippen LogP contribution in [0.1, 0.15) is 5.56 Å². The zero-order valence-corrected chi connectivity index (χ0v) is 10.1. The fourth-order valence-electron chi connectivity index (χ4n) is 1.08. The first kappa shape index (κ1) is 12.5. The van der Waals surface area contributed by atoms with Crippen LogP contribution in [0.5, 0.6) is 5.75 Å². The van der Waals surface area contributed by atoms with Crippen LogP contribution < -0.4 is 10.1 Å². The number of hydrogen-bond donors (Lipinski definition) is 2. The lowest BCUT2D eigenvalue weighted by atomic mass is 10.2. The number of nitrogens with one attached hydrogen (secondary N) is 1. The van der Waals surface area contributed by atoms with Gasteiger partial charge in [-0.1, -0.05) is 6.07 Å². The number of benzene rings is 1. The zero-order valence-electron chi connectivity index (χ0n) is 8.49. The van der Waals surface area contributed by atoms with Crippen molar-refractivity contribution in [2.45, 2.75) is 6.54 Å². The Labute approximate surface area is 101 Å². The van der Waals surface area contributed by atoms with Gasteiger partial charge in [0.05, 0.1) is 11.6 Å². The number of aliphatic carboxylic acids is 1. The average Bonchev–Trinajstić information content (AvgIpc) is 2.25. The van der Waals surface area contributed by atoms with E-state index in [0.29, 0.717) is 5.75 Å². The normalized spacial score (nSPS) is 9.62. The molecule has 0 saturated carbocycles. The number of ether oxygens (including phenoxy) is 1. The van der Waals surface area contributed by atoms with Crippen molar-refractivity contribution in [3.8, 4) is 5.75 Å². The van der Waals surface area contributed by atoms with E-state index in [1.54, 1.807) is 25.3 Å². The minimum absolute atomic E-state index is 0.160. The molecule has 6 heteroatoms. The van der Waals surface area contributed by atoms with Gasteiger partial charge in [-0.15, -0.1) is 0 Å². The Morgan fingerprint density at radius 1 is 1.50 bits per heavy atom. The second-order valence-corrected chi connectivity index (χ2v) is 3.81. The summed E-state index contributed by atoms with van der Waals surface area (Å²) in [6.45, 7) is 0.160. The second-order valence-electron chi connectivity index (χ2n) is 2.96. The van der Waals surface area contributed by atoms with Gasteiger partial charge in [-0.05, 0) is 33.6 Å². The lowest BCUT2D eigenvalue weighted by Gasteiger charge is -2.06. The number of hydrogen-bond acceptors (Lipinski definition) is 3. The molecule has 0 spiro atoms. The average molecular weight is 288 g/mol. The number of halogens is 1. The summed E-state index contributed by atoms with van der Waals surface area (Å²) < 4.78 is 5.78. The van der Waals surface area contributed by atoms with Crippen molar-refractivity contribution in [3.63, 3.8) is 0 Å². The highest BCUT2D eigenvalue weighted by Gasteiger charge is 2.10. The molecule has 0 radical (unpaired) electrons. The molecule has 0 atom stereocenters. The number of carbonyl (C=O) groups is 2. The molecule has 0 unspecified atom stereocenters. The fourth-order valence-corrected chi connectivity index (χ4v) is 1.67. The molecule has 0 aliphatic rings. The van der Waals surface area contributed by atoms with Gasteiger partial charge in [-0.25, -0.2) is 4.79 Å². The van der Waals surface area contributed by atoms with Gasteiger partial charge in [-0.3, -0.25) is 4.79 Å². The van der Waals surface area contributed by atoms with Crippen LogP contribution in [0.15, 0.2) is 22.7 Å². The molecule has 0 aromatic heterocycles. The minimum Gasteiger partial charge on any atom is -0.496 e. The standard InChI is InChI=1S/C10H10BrNO4/c1-16-8-3-2-6(4-7(8)11)5-12-9(13)10(14)15/h2-4H,5H2,1H3,(H,12,13)(H,14,15). The number of carboxylic acid groups (broad SMARTS) is 1. The van der Waals surface area contributed by atoms with Gasteiger partial charge in [0.1, 0.15) is 5.75 Å². The van der Waals surface area contributed by atoms with E-state index in [1.807, 2.05) is 0 Å². The Morgan fingerprint density at radius 2 is 2.19 bits per heavy atom. The molecule has 16 heavy (non-hydrogen) atoms. The van der Waals surface area contributed by atoms with E-state index in [0.717, 1.165) is 10.0 Å². The van der Waals surface area contributed by atoms with Gasteiger partial charge in [0, 0.05) is 6.54 Å². The molecule has 0 heterocycles. The smallest absolute Gasteiger partial charge is 0.394 e. The molecule has 1 aromatic carbocycles. The number of carboxylic acids is 1. The quantitative estimate of drug-likeness (QED) is 0.818. The monoisotopic (exact) mass is 287 g/mol. The third-order valence-electron chi connectivity index (χ3n) is 1.86. The van der Waals surface area contributed by atoms with Crippen molar-refractivity contribution in [1.82, 2.24) is 5.32 Å². The molecule has 1 aromatic rings. The van der Waals surface area contributed by atoms with Crippen LogP contribution in [0, 0.1) is 0 Å². The van der Waals surface area contributed by atoms with Gasteiger partial charge < -0.3 is 15.2 Å². The summed E-state index contributed by atoms with van der Waals surface area (Å²) in [5, 5.41) is 10.6. The maximum Gasteiger partial charge on any atom is 0.394 e. The molecule has 2 N–H and O–H groups in total. The molecule has 0 aliphatic heterocycles. The predicted octanol–water partition coefficient (Wildman–Crippen LogP) is 1.16. The van der Waals surface area contributed by atoms with E-state index in [-0.39, 0.29) is 6.54 Å². The maximum absolute atomic E-state index is 10.8. The molecular formula is C10H10BrNO4. The van der Waals surface area contributed by atoms with Crippen LogP contribution in [0.25, 0.3) is 0 Å². The number of rotatable bonds is 3. The van der Waals surface area contributed by atoms with Gasteiger partial charge >= 0.3 is 11.9 Å².